The molecule has 0 atom stereocenters. The van der Waals surface area contributed by atoms with Crippen LogP contribution in [0.3, 0.4) is 0 Å². The fourth-order valence-corrected chi connectivity index (χ4v) is 2.55. The Morgan fingerprint density at radius 2 is 2.00 bits per heavy atom. The smallest absolute Gasteiger partial charge is 0.0756 e. The van der Waals surface area contributed by atoms with Crippen LogP contribution in [-0.4, -0.2) is 16.8 Å². The van der Waals surface area contributed by atoms with E-state index >= 15 is 0 Å². The minimum absolute atomic E-state index is 0.00666. The number of hydrogen-bond donors (Lipinski definition) is 1. The number of benzene rings is 1. The van der Waals surface area contributed by atoms with Crippen molar-refractivity contribution in [2.75, 3.05) is 7.05 Å². The molecule has 0 fully saturated rings. The second-order valence-corrected chi connectivity index (χ2v) is 6.56. The van der Waals surface area contributed by atoms with Gasteiger partial charge in [0.1, 0.15) is 0 Å². The highest BCUT2D eigenvalue weighted by molar-refractivity contribution is 6.31. The molecule has 108 valence electrons. The van der Waals surface area contributed by atoms with Gasteiger partial charge in [-0.25, -0.2) is 0 Å². The van der Waals surface area contributed by atoms with E-state index in [-0.39, 0.29) is 5.41 Å². The normalized spacial score (nSPS) is 11.9. The van der Waals surface area contributed by atoms with Gasteiger partial charge in [-0.2, -0.15) is 5.10 Å². The van der Waals surface area contributed by atoms with Crippen LogP contribution < -0.4 is 5.32 Å². The maximum atomic E-state index is 6.36. The van der Waals surface area contributed by atoms with E-state index in [4.69, 9.17) is 11.6 Å². The van der Waals surface area contributed by atoms with Crippen LogP contribution in [0.1, 0.15) is 32.0 Å². The van der Waals surface area contributed by atoms with Gasteiger partial charge in [-0.15, -0.1) is 0 Å². The number of rotatable bonds is 3. The van der Waals surface area contributed by atoms with Gasteiger partial charge in [-0.3, -0.25) is 4.68 Å². The van der Waals surface area contributed by atoms with Crippen molar-refractivity contribution in [3.63, 3.8) is 0 Å². The SMILES string of the molecule is CNCc1ccc(-c2cn(C)nc2C(C)(C)C)cc1Cl. The van der Waals surface area contributed by atoms with E-state index in [1.807, 2.05) is 24.8 Å². The van der Waals surface area contributed by atoms with Crippen LogP contribution in [0.25, 0.3) is 11.1 Å². The molecule has 0 amide bonds. The maximum Gasteiger partial charge on any atom is 0.0756 e. The number of nitrogens with zero attached hydrogens (tertiary/aromatic N) is 2. The van der Waals surface area contributed by atoms with Gasteiger partial charge < -0.3 is 5.32 Å². The first kappa shape index (κ1) is 15.1. The first-order chi connectivity index (χ1) is 9.32. The molecule has 0 aliphatic carbocycles. The Hall–Kier alpha value is -1.32. The summed E-state index contributed by atoms with van der Waals surface area (Å²) in [6.07, 6.45) is 2.06. The summed E-state index contributed by atoms with van der Waals surface area (Å²) >= 11 is 6.36. The van der Waals surface area contributed by atoms with Crippen LogP contribution in [-0.2, 0) is 19.0 Å². The van der Waals surface area contributed by atoms with Crippen molar-refractivity contribution >= 4 is 11.6 Å². The van der Waals surface area contributed by atoms with E-state index in [0.29, 0.717) is 0 Å². The summed E-state index contributed by atoms with van der Waals surface area (Å²) in [5, 5.41) is 8.52. The zero-order valence-corrected chi connectivity index (χ0v) is 13.5. The third kappa shape index (κ3) is 3.05. The Labute approximate surface area is 126 Å². The molecule has 0 unspecified atom stereocenters. The van der Waals surface area contributed by atoms with Crippen LogP contribution in [0.15, 0.2) is 24.4 Å². The molecule has 0 aliphatic rings. The molecule has 0 radical (unpaired) electrons. The Morgan fingerprint density at radius 3 is 2.55 bits per heavy atom. The van der Waals surface area contributed by atoms with Crippen molar-refractivity contribution in [1.82, 2.24) is 15.1 Å². The minimum atomic E-state index is 0.00666. The zero-order valence-electron chi connectivity index (χ0n) is 12.8. The molecular formula is C16H22ClN3. The maximum absolute atomic E-state index is 6.36. The largest absolute Gasteiger partial charge is 0.316 e. The summed E-state index contributed by atoms with van der Waals surface area (Å²) in [5.41, 5.74) is 4.48. The molecule has 1 aromatic carbocycles. The average molecular weight is 292 g/mol. The lowest BCUT2D eigenvalue weighted by Crippen LogP contribution is -2.13. The number of nitrogens with one attached hydrogen (secondary N) is 1. The molecule has 0 bridgehead atoms. The van der Waals surface area contributed by atoms with Crippen molar-refractivity contribution in [2.24, 2.45) is 7.05 Å². The Bertz CT molecular complexity index is 609. The summed E-state index contributed by atoms with van der Waals surface area (Å²) < 4.78 is 1.87. The van der Waals surface area contributed by atoms with E-state index in [1.54, 1.807) is 0 Å². The second kappa shape index (κ2) is 5.58. The summed E-state index contributed by atoms with van der Waals surface area (Å²) in [6, 6.07) is 6.22. The van der Waals surface area contributed by atoms with Crippen LogP contribution in [0, 0.1) is 0 Å². The van der Waals surface area contributed by atoms with Gasteiger partial charge >= 0.3 is 0 Å². The summed E-state index contributed by atoms with van der Waals surface area (Å²) in [6.45, 7) is 7.31. The lowest BCUT2D eigenvalue weighted by Gasteiger charge is -2.18. The highest BCUT2D eigenvalue weighted by Crippen LogP contribution is 2.33. The third-order valence-corrected chi connectivity index (χ3v) is 3.62. The number of halogens is 1. The lowest BCUT2D eigenvalue weighted by molar-refractivity contribution is 0.554. The van der Waals surface area contributed by atoms with Crippen LogP contribution in [0.5, 0.6) is 0 Å². The predicted molar refractivity (Wildman–Crippen MR) is 85.1 cm³/mol. The molecule has 0 spiro atoms. The molecule has 0 saturated carbocycles. The van der Waals surface area contributed by atoms with Gasteiger partial charge in [0.15, 0.2) is 0 Å². The van der Waals surface area contributed by atoms with E-state index in [9.17, 15) is 0 Å². The van der Waals surface area contributed by atoms with Crippen molar-refractivity contribution in [3.05, 3.63) is 40.7 Å². The first-order valence-electron chi connectivity index (χ1n) is 6.80. The zero-order chi connectivity index (χ0) is 14.9. The van der Waals surface area contributed by atoms with E-state index < -0.39 is 0 Å². The van der Waals surface area contributed by atoms with Gasteiger partial charge in [0, 0.05) is 35.8 Å². The quantitative estimate of drug-likeness (QED) is 0.933. The molecule has 0 saturated heterocycles. The third-order valence-electron chi connectivity index (χ3n) is 3.27. The van der Waals surface area contributed by atoms with E-state index in [1.165, 1.54) is 0 Å². The Kier molecular flexibility index (Phi) is 4.21. The van der Waals surface area contributed by atoms with Gasteiger partial charge in [0.2, 0.25) is 0 Å². The predicted octanol–water partition coefficient (Wildman–Crippen LogP) is 3.76. The molecular weight excluding hydrogens is 270 g/mol. The molecule has 1 aromatic heterocycles. The fraction of sp³-hybridized carbons (Fsp3) is 0.438. The molecule has 1 N–H and O–H groups in total. The van der Waals surface area contributed by atoms with E-state index in [2.05, 4.69) is 49.5 Å². The van der Waals surface area contributed by atoms with Crippen LogP contribution in [0.2, 0.25) is 5.02 Å². The molecule has 2 aromatic rings. The Balaban J connectivity index is 2.49. The number of hydrogen-bond acceptors (Lipinski definition) is 2. The monoisotopic (exact) mass is 291 g/mol. The summed E-state index contributed by atoms with van der Waals surface area (Å²) in [4.78, 5) is 0. The number of aryl methyl sites for hydroxylation is 1. The summed E-state index contributed by atoms with van der Waals surface area (Å²) in [5.74, 6) is 0. The minimum Gasteiger partial charge on any atom is -0.316 e. The molecule has 2 rings (SSSR count). The molecule has 4 heteroatoms. The topological polar surface area (TPSA) is 29.9 Å². The van der Waals surface area contributed by atoms with Crippen molar-refractivity contribution in [1.29, 1.82) is 0 Å². The van der Waals surface area contributed by atoms with Crippen molar-refractivity contribution in [2.45, 2.75) is 32.7 Å². The fourth-order valence-electron chi connectivity index (χ4n) is 2.30. The highest BCUT2D eigenvalue weighted by Gasteiger charge is 2.22. The van der Waals surface area contributed by atoms with Crippen LogP contribution in [0.4, 0.5) is 0 Å². The lowest BCUT2D eigenvalue weighted by atomic mass is 9.87. The Morgan fingerprint density at radius 1 is 1.30 bits per heavy atom. The number of aromatic nitrogens is 2. The molecule has 0 aliphatic heterocycles. The van der Waals surface area contributed by atoms with Gasteiger partial charge in [-0.05, 0) is 24.2 Å². The van der Waals surface area contributed by atoms with E-state index in [0.717, 1.165) is 34.0 Å². The van der Waals surface area contributed by atoms with Gasteiger partial charge in [0.25, 0.3) is 0 Å². The summed E-state index contributed by atoms with van der Waals surface area (Å²) in [7, 11) is 3.87. The van der Waals surface area contributed by atoms with Crippen molar-refractivity contribution in [3.8, 4) is 11.1 Å². The standard InChI is InChI=1S/C16H22ClN3/c1-16(2,3)15-13(10-20(5)19-15)11-6-7-12(9-18-4)14(17)8-11/h6-8,10,18H,9H2,1-5H3. The molecule has 1 heterocycles. The molecule has 20 heavy (non-hydrogen) atoms. The first-order valence-corrected chi connectivity index (χ1v) is 7.18. The van der Waals surface area contributed by atoms with Gasteiger partial charge in [0.05, 0.1) is 5.69 Å². The van der Waals surface area contributed by atoms with Gasteiger partial charge in [-0.1, -0.05) is 44.5 Å². The second-order valence-electron chi connectivity index (χ2n) is 6.15. The van der Waals surface area contributed by atoms with Crippen LogP contribution >= 0.6 is 11.6 Å². The molecule has 3 nitrogen and oxygen atoms in total. The average Bonchev–Trinajstić information content (AvgIpc) is 2.74. The highest BCUT2D eigenvalue weighted by atomic mass is 35.5. The van der Waals surface area contributed by atoms with Crippen molar-refractivity contribution < 1.29 is 0 Å².